The lowest BCUT2D eigenvalue weighted by Crippen LogP contribution is -2.30. The van der Waals surface area contributed by atoms with Crippen LogP contribution in [-0.4, -0.2) is 48.0 Å². The molecule has 0 aliphatic carbocycles. The molecule has 1 aromatic carbocycles. The molecule has 23 heavy (non-hydrogen) atoms. The minimum Gasteiger partial charge on any atom is -0.383 e. The number of hydrogen-bond donors (Lipinski definition) is 1. The first-order valence-corrected chi connectivity index (χ1v) is 8.83. The molecule has 0 unspecified atom stereocenters. The molecule has 2 aromatic rings. The molecule has 8 nitrogen and oxygen atoms in total. The van der Waals surface area contributed by atoms with Crippen LogP contribution in [0.25, 0.3) is 10.8 Å². The first kappa shape index (κ1) is 15.6. The summed E-state index contributed by atoms with van der Waals surface area (Å²) in [6.45, 7) is 1.37. The number of hydrogen-bond acceptors (Lipinski definition) is 6. The fourth-order valence-electron chi connectivity index (χ4n) is 2.75. The van der Waals surface area contributed by atoms with Gasteiger partial charge in [0.25, 0.3) is 5.69 Å². The van der Waals surface area contributed by atoms with Crippen molar-refractivity contribution in [1.82, 2.24) is 9.29 Å². The van der Waals surface area contributed by atoms with Crippen LogP contribution >= 0.6 is 0 Å². The summed E-state index contributed by atoms with van der Waals surface area (Å²) in [6, 6.07) is 4.77. The molecule has 1 fully saturated rings. The molecule has 0 radical (unpaired) electrons. The molecule has 0 amide bonds. The lowest BCUT2D eigenvalue weighted by Gasteiger charge is -2.16. The fraction of sp³-hybridized carbons (Fsp3) is 0.357. The molecule has 0 atom stereocenters. The van der Waals surface area contributed by atoms with Crippen molar-refractivity contribution < 1.29 is 13.3 Å². The maximum absolute atomic E-state index is 11.8. The second kappa shape index (κ2) is 6.09. The van der Waals surface area contributed by atoms with E-state index in [0.717, 1.165) is 5.69 Å². The SMILES string of the molecule is O=[N+]([O-])c1ccc(NCCN2CCCS2(=O)=O)c2ccncc12. The van der Waals surface area contributed by atoms with Crippen LogP contribution in [0.4, 0.5) is 11.4 Å². The number of anilines is 1. The molecule has 0 spiro atoms. The van der Waals surface area contributed by atoms with Crippen LogP contribution in [0, 0.1) is 10.1 Å². The fourth-order valence-corrected chi connectivity index (χ4v) is 4.28. The highest BCUT2D eigenvalue weighted by Crippen LogP contribution is 2.30. The van der Waals surface area contributed by atoms with Crippen LogP contribution in [0.3, 0.4) is 0 Å². The van der Waals surface area contributed by atoms with E-state index in [9.17, 15) is 18.5 Å². The van der Waals surface area contributed by atoms with Crippen LogP contribution in [0.1, 0.15) is 6.42 Å². The minimum atomic E-state index is -3.11. The van der Waals surface area contributed by atoms with Crippen LogP contribution in [0.5, 0.6) is 0 Å². The Labute approximate surface area is 133 Å². The van der Waals surface area contributed by atoms with E-state index in [4.69, 9.17) is 0 Å². The highest BCUT2D eigenvalue weighted by molar-refractivity contribution is 7.89. The van der Waals surface area contributed by atoms with Crippen LogP contribution < -0.4 is 5.32 Å². The number of nitro groups is 1. The smallest absolute Gasteiger partial charge is 0.278 e. The molecule has 1 aliphatic heterocycles. The molecule has 9 heteroatoms. The highest BCUT2D eigenvalue weighted by atomic mass is 32.2. The van der Waals surface area contributed by atoms with E-state index in [1.165, 1.54) is 16.6 Å². The molecule has 3 rings (SSSR count). The summed E-state index contributed by atoms with van der Waals surface area (Å²) in [4.78, 5) is 14.6. The van der Waals surface area contributed by atoms with Crippen molar-refractivity contribution in [3.05, 3.63) is 40.7 Å². The number of aromatic nitrogens is 1. The Hall–Kier alpha value is -2.26. The molecule has 0 bridgehead atoms. The summed E-state index contributed by atoms with van der Waals surface area (Å²) in [5, 5.41) is 15.4. The van der Waals surface area contributed by atoms with Gasteiger partial charge in [-0.25, -0.2) is 12.7 Å². The predicted octanol–water partition coefficient (Wildman–Crippen LogP) is 1.59. The highest BCUT2D eigenvalue weighted by Gasteiger charge is 2.27. The average molecular weight is 336 g/mol. The Balaban J connectivity index is 1.79. The lowest BCUT2D eigenvalue weighted by molar-refractivity contribution is -0.383. The summed E-state index contributed by atoms with van der Waals surface area (Å²) in [5.41, 5.74) is 0.727. The Morgan fingerprint density at radius 1 is 1.30 bits per heavy atom. The predicted molar refractivity (Wildman–Crippen MR) is 86.9 cm³/mol. The van der Waals surface area contributed by atoms with Gasteiger partial charge in [-0.05, 0) is 18.6 Å². The third-order valence-electron chi connectivity index (χ3n) is 3.87. The Bertz CT molecular complexity index is 853. The van der Waals surface area contributed by atoms with Gasteiger partial charge in [0, 0.05) is 49.2 Å². The second-order valence-corrected chi connectivity index (χ2v) is 7.39. The van der Waals surface area contributed by atoms with Crippen molar-refractivity contribution in [2.45, 2.75) is 6.42 Å². The van der Waals surface area contributed by atoms with Gasteiger partial charge in [0.05, 0.1) is 16.1 Å². The number of rotatable bonds is 5. The topological polar surface area (TPSA) is 105 Å². The maximum Gasteiger partial charge on any atom is 0.278 e. The number of nitrogens with one attached hydrogen (secondary N) is 1. The zero-order valence-electron chi connectivity index (χ0n) is 12.3. The molecule has 0 saturated carbocycles. The molecule has 122 valence electrons. The first-order valence-electron chi connectivity index (χ1n) is 7.22. The number of non-ortho nitro benzene ring substituents is 1. The number of sulfonamides is 1. The standard InChI is InChI=1S/C14H16N4O4S/c19-18(20)14-3-2-13(11-4-5-15-10-12(11)14)16-6-8-17-7-1-9-23(17,21)22/h2-5,10,16H,1,6-9H2. The Morgan fingerprint density at radius 3 is 2.83 bits per heavy atom. The summed E-state index contributed by atoms with van der Waals surface area (Å²) in [6.07, 6.45) is 3.69. The van der Waals surface area contributed by atoms with E-state index in [-0.39, 0.29) is 11.4 Å². The second-order valence-electron chi connectivity index (χ2n) is 5.31. The van der Waals surface area contributed by atoms with Crippen molar-refractivity contribution in [3.8, 4) is 0 Å². The van der Waals surface area contributed by atoms with Crippen molar-refractivity contribution in [2.75, 3.05) is 30.7 Å². The Kier molecular flexibility index (Phi) is 4.14. The summed E-state index contributed by atoms with van der Waals surface area (Å²) < 4.78 is 25.0. The molecule has 1 N–H and O–H groups in total. The largest absolute Gasteiger partial charge is 0.383 e. The summed E-state index contributed by atoms with van der Waals surface area (Å²) in [5.74, 6) is 0.207. The van der Waals surface area contributed by atoms with E-state index < -0.39 is 14.9 Å². The van der Waals surface area contributed by atoms with Crippen molar-refractivity contribution >= 4 is 32.2 Å². The van der Waals surface area contributed by atoms with Crippen LogP contribution in [0.15, 0.2) is 30.6 Å². The van der Waals surface area contributed by atoms with E-state index in [1.807, 2.05) is 0 Å². The van der Waals surface area contributed by atoms with Gasteiger partial charge >= 0.3 is 0 Å². The van der Waals surface area contributed by atoms with Gasteiger partial charge in [0.15, 0.2) is 0 Å². The van der Waals surface area contributed by atoms with E-state index in [2.05, 4.69) is 10.3 Å². The molecular weight excluding hydrogens is 320 g/mol. The minimum absolute atomic E-state index is 0.000714. The lowest BCUT2D eigenvalue weighted by atomic mass is 10.1. The average Bonchev–Trinajstić information content (AvgIpc) is 2.86. The van der Waals surface area contributed by atoms with E-state index >= 15 is 0 Å². The van der Waals surface area contributed by atoms with Crippen LogP contribution in [-0.2, 0) is 10.0 Å². The summed E-state index contributed by atoms with van der Waals surface area (Å²) in [7, 11) is -3.11. The van der Waals surface area contributed by atoms with Crippen LogP contribution in [0.2, 0.25) is 0 Å². The van der Waals surface area contributed by atoms with Crippen molar-refractivity contribution in [3.63, 3.8) is 0 Å². The first-order chi connectivity index (χ1) is 11.0. The van der Waals surface area contributed by atoms with Crippen molar-refractivity contribution in [2.24, 2.45) is 0 Å². The number of pyridine rings is 1. The quantitative estimate of drug-likeness (QED) is 0.656. The molecule has 1 aliphatic rings. The molecule has 1 saturated heterocycles. The van der Waals surface area contributed by atoms with Gasteiger partial charge in [0.2, 0.25) is 10.0 Å². The molecular formula is C14H16N4O4S. The van der Waals surface area contributed by atoms with Gasteiger partial charge in [-0.1, -0.05) is 0 Å². The molecule has 1 aromatic heterocycles. The third-order valence-corrected chi connectivity index (χ3v) is 5.83. The third kappa shape index (κ3) is 3.10. The number of fused-ring (bicyclic) bond motifs is 1. The van der Waals surface area contributed by atoms with Gasteiger partial charge in [-0.15, -0.1) is 0 Å². The van der Waals surface area contributed by atoms with Gasteiger partial charge in [-0.2, -0.15) is 0 Å². The van der Waals surface area contributed by atoms with Gasteiger partial charge in [0.1, 0.15) is 0 Å². The normalized spacial score (nSPS) is 17.4. The Morgan fingerprint density at radius 2 is 2.13 bits per heavy atom. The monoisotopic (exact) mass is 336 g/mol. The zero-order chi connectivity index (χ0) is 16.4. The van der Waals surface area contributed by atoms with E-state index in [0.29, 0.717) is 36.8 Å². The number of nitro benzene ring substituents is 1. The van der Waals surface area contributed by atoms with Gasteiger partial charge < -0.3 is 5.32 Å². The van der Waals surface area contributed by atoms with Gasteiger partial charge in [-0.3, -0.25) is 15.1 Å². The molecule has 2 heterocycles. The van der Waals surface area contributed by atoms with E-state index in [1.54, 1.807) is 18.3 Å². The zero-order valence-corrected chi connectivity index (χ0v) is 13.1. The summed E-state index contributed by atoms with van der Waals surface area (Å²) >= 11 is 0. The number of nitrogens with zero attached hydrogens (tertiary/aromatic N) is 3. The number of benzene rings is 1. The maximum atomic E-state index is 11.8. The van der Waals surface area contributed by atoms with Crippen molar-refractivity contribution in [1.29, 1.82) is 0 Å².